The number of hydrogen-bond acceptors (Lipinski definition) is 7. The van der Waals surface area contributed by atoms with E-state index in [-0.39, 0.29) is 6.61 Å². The number of fused-ring (bicyclic) bond motifs is 1. The van der Waals surface area contributed by atoms with E-state index in [1.807, 2.05) is 30.3 Å². The SMILES string of the molecule is CC1(C)O[C@H]2O[C@H]([C@H](O)CO)/C(=N\OCc3ccccc3)[C@H]2O1. The van der Waals surface area contributed by atoms with E-state index in [1.54, 1.807) is 13.8 Å². The van der Waals surface area contributed by atoms with Crippen LogP contribution in [-0.2, 0) is 25.7 Å². The van der Waals surface area contributed by atoms with Crippen LogP contribution in [0.4, 0.5) is 0 Å². The van der Waals surface area contributed by atoms with Crippen molar-refractivity contribution in [2.75, 3.05) is 6.61 Å². The molecule has 0 bridgehead atoms. The third-order valence-electron chi connectivity index (χ3n) is 3.70. The van der Waals surface area contributed by atoms with E-state index in [9.17, 15) is 10.2 Å². The van der Waals surface area contributed by atoms with Crippen LogP contribution >= 0.6 is 0 Å². The normalized spacial score (nSPS) is 32.0. The minimum atomic E-state index is -1.12. The first-order chi connectivity index (χ1) is 11.0. The predicted octanol–water partition coefficient (Wildman–Crippen LogP) is 0.789. The number of ether oxygens (including phenoxy) is 3. The molecule has 0 aromatic heterocycles. The third-order valence-corrected chi connectivity index (χ3v) is 3.70. The maximum Gasteiger partial charge on any atom is 0.193 e. The fourth-order valence-electron chi connectivity index (χ4n) is 2.65. The lowest BCUT2D eigenvalue weighted by molar-refractivity contribution is -0.206. The second-order valence-electron chi connectivity index (χ2n) is 6.01. The lowest BCUT2D eigenvalue weighted by atomic mass is 10.1. The molecule has 2 aliphatic rings. The van der Waals surface area contributed by atoms with E-state index in [0.29, 0.717) is 5.71 Å². The van der Waals surface area contributed by atoms with Gasteiger partial charge in [-0.05, 0) is 19.4 Å². The monoisotopic (exact) mass is 323 g/mol. The number of oxime groups is 1. The van der Waals surface area contributed by atoms with Crippen LogP contribution in [0.1, 0.15) is 19.4 Å². The zero-order valence-corrected chi connectivity index (χ0v) is 13.1. The number of aliphatic hydroxyl groups excluding tert-OH is 2. The van der Waals surface area contributed by atoms with Gasteiger partial charge in [0, 0.05) is 0 Å². The van der Waals surface area contributed by atoms with Crippen LogP contribution in [0.5, 0.6) is 0 Å². The molecule has 2 saturated heterocycles. The van der Waals surface area contributed by atoms with Gasteiger partial charge in [0.1, 0.15) is 24.5 Å². The topological polar surface area (TPSA) is 89.7 Å². The highest BCUT2D eigenvalue weighted by molar-refractivity contribution is 5.95. The van der Waals surface area contributed by atoms with Gasteiger partial charge in [0.2, 0.25) is 0 Å². The zero-order valence-electron chi connectivity index (χ0n) is 13.1. The van der Waals surface area contributed by atoms with E-state index in [0.717, 1.165) is 5.56 Å². The Bertz CT molecular complexity index is 561. The van der Waals surface area contributed by atoms with Crippen molar-refractivity contribution in [3.05, 3.63) is 35.9 Å². The van der Waals surface area contributed by atoms with E-state index in [1.165, 1.54) is 0 Å². The lowest BCUT2D eigenvalue weighted by Crippen LogP contribution is -2.39. The second-order valence-corrected chi connectivity index (χ2v) is 6.01. The van der Waals surface area contributed by atoms with E-state index in [2.05, 4.69) is 5.16 Å². The summed E-state index contributed by atoms with van der Waals surface area (Å²) in [6, 6.07) is 9.59. The molecule has 7 nitrogen and oxygen atoms in total. The van der Waals surface area contributed by atoms with Crippen molar-refractivity contribution in [1.82, 2.24) is 0 Å². The van der Waals surface area contributed by atoms with Crippen molar-refractivity contribution >= 4 is 5.71 Å². The molecule has 2 heterocycles. The molecule has 0 unspecified atom stereocenters. The fraction of sp³-hybridized carbons (Fsp3) is 0.562. The smallest absolute Gasteiger partial charge is 0.193 e. The largest absolute Gasteiger partial charge is 0.394 e. The van der Waals surface area contributed by atoms with E-state index >= 15 is 0 Å². The van der Waals surface area contributed by atoms with Gasteiger partial charge in [-0.3, -0.25) is 0 Å². The van der Waals surface area contributed by atoms with Gasteiger partial charge in [0.15, 0.2) is 18.2 Å². The summed E-state index contributed by atoms with van der Waals surface area (Å²) >= 11 is 0. The number of aliphatic hydroxyl groups is 2. The Balaban J connectivity index is 1.73. The molecule has 0 radical (unpaired) electrons. The van der Waals surface area contributed by atoms with Gasteiger partial charge in [-0.15, -0.1) is 0 Å². The van der Waals surface area contributed by atoms with E-state index < -0.39 is 37.0 Å². The molecule has 0 saturated carbocycles. The molecule has 23 heavy (non-hydrogen) atoms. The van der Waals surface area contributed by atoms with Crippen molar-refractivity contribution in [3.63, 3.8) is 0 Å². The number of hydrogen-bond donors (Lipinski definition) is 2. The summed E-state index contributed by atoms with van der Waals surface area (Å²) < 4.78 is 17.0. The third kappa shape index (κ3) is 3.54. The number of benzene rings is 1. The summed E-state index contributed by atoms with van der Waals surface area (Å²) in [4.78, 5) is 5.38. The average Bonchev–Trinajstić information content (AvgIpc) is 3.00. The van der Waals surface area contributed by atoms with Crippen LogP contribution in [0.3, 0.4) is 0 Å². The molecule has 126 valence electrons. The summed E-state index contributed by atoms with van der Waals surface area (Å²) in [6.07, 6.45) is -3.17. The molecular weight excluding hydrogens is 302 g/mol. The molecule has 3 rings (SSSR count). The van der Waals surface area contributed by atoms with Crippen molar-refractivity contribution in [2.24, 2.45) is 5.16 Å². The second kappa shape index (κ2) is 6.54. The molecular formula is C16H21NO6. The molecule has 1 aromatic rings. The Hall–Kier alpha value is -1.51. The number of nitrogens with zero attached hydrogens (tertiary/aromatic N) is 1. The molecule has 7 heteroatoms. The molecule has 1 aromatic carbocycles. The summed E-state index contributed by atoms with van der Waals surface area (Å²) in [5, 5.41) is 23.2. The van der Waals surface area contributed by atoms with Crippen LogP contribution in [0.2, 0.25) is 0 Å². The van der Waals surface area contributed by atoms with Gasteiger partial charge in [0.05, 0.1) is 6.61 Å². The quantitative estimate of drug-likeness (QED) is 0.779. The molecule has 2 aliphatic heterocycles. The standard InChI is InChI=1S/C16H21NO6/c1-16(2)22-14-12(13(11(19)8-18)21-15(14)23-16)17-20-9-10-6-4-3-5-7-10/h3-7,11,13-15,18-19H,8-9H2,1-2H3/b17-12+/t11-,13-,14-,15-/m1/s1. The first-order valence-electron chi connectivity index (χ1n) is 7.54. The fourth-order valence-corrected chi connectivity index (χ4v) is 2.65. The van der Waals surface area contributed by atoms with Crippen LogP contribution in [0.15, 0.2) is 35.5 Å². The van der Waals surface area contributed by atoms with Crippen LogP contribution in [0.25, 0.3) is 0 Å². The Morgan fingerprint density at radius 3 is 2.70 bits per heavy atom. The first kappa shape index (κ1) is 16.4. The van der Waals surface area contributed by atoms with Gasteiger partial charge < -0.3 is 29.3 Å². The van der Waals surface area contributed by atoms with Gasteiger partial charge in [-0.2, -0.15) is 0 Å². The highest BCUT2D eigenvalue weighted by Gasteiger charge is 2.54. The molecule has 2 N–H and O–H groups in total. The molecule has 0 amide bonds. The van der Waals surface area contributed by atoms with Gasteiger partial charge in [-0.1, -0.05) is 35.5 Å². The Morgan fingerprint density at radius 2 is 2.00 bits per heavy atom. The molecule has 0 spiro atoms. The van der Waals surface area contributed by atoms with Gasteiger partial charge in [0.25, 0.3) is 0 Å². The molecule has 0 aliphatic carbocycles. The minimum absolute atomic E-state index is 0.286. The Kier molecular flexibility index (Phi) is 4.65. The maximum atomic E-state index is 9.91. The minimum Gasteiger partial charge on any atom is -0.394 e. The Labute approximate surface area is 134 Å². The Morgan fingerprint density at radius 1 is 1.26 bits per heavy atom. The van der Waals surface area contributed by atoms with Crippen molar-refractivity contribution < 1.29 is 29.3 Å². The molecule has 2 fully saturated rings. The lowest BCUT2D eigenvalue weighted by Gasteiger charge is -2.22. The zero-order chi connectivity index (χ0) is 16.4. The van der Waals surface area contributed by atoms with Crippen LogP contribution in [-0.4, -0.2) is 52.9 Å². The van der Waals surface area contributed by atoms with Crippen molar-refractivity contribution in [1.29, 1.82) is 0 Å². The highest BCUT2D eigenvalue weighted by atomic mass is 16.8. The molecule has 4 atom stereocenters. The van der Waals surface area contributed by atoms with Gasteiger partial charge in [-0.25, -0.2) is 0 Å². The average molecular weight is 323 g/mol. The van der Waals surface area contributed by atoms with Crippen molar-refractivity contribution in [2.45, 2.75) is 50.8 Å². The summed E-state index contributed by atoms with van der Waals surface area (Å²) in [5.74, 6) is -0.801. The predicted molar refractivity (Wildman–Crippen MR) is 80.5 cm³/mol. The number of rotatable bonds is 5. The summed E-state index contributed by atoms with van der Waals surface area (Å²) in [7, 11) is 0. The van der Waals surface area contributed by atoms with Crippen LogP contribution in [0, 0.1) is 0 Å². The highest BCUT2D eigenvalue weighted by Crippen LogP contribution is 2.36. The maximum absolute atomic E-state index is 9.91. The van der Waals surface area contributed by atoms with Gasteiger partial charge >= 0.3 is 0 Å². The first-order valence-corrected chi connectivity index (χ1v) is 7.54. The van der Waals surface area contributed by atoms with Crippen molar-refractivity contribution in [3.8, 4) is 0 Å². The van der Waals surface area contributed by atoms with Crippen LogP contribution < -0.4 is 0 Å². The summed E-state index contributed by atoms with van der Waals surface area (Å²) in [6.45, 7) is 3.38. The summed E-state index contributed by atoms with van der Waals surface area (Å²) in [5.41, 5.74) is 1.36. The van der Waals surface area contributed by atoms with E-state index in [4.69, 9.17) is 19.0 Å².